The second-order valence-electron chi connectivity index (χ2n) is 6.11. The van der Waals surface area contributed by atoms with Gasteiger partial charge in [0.05, 0.1) is 0 Å². The lowest BCUT2D eigenvalue weighted by molar-refractivity contribution is 0.0687. The molecule has 1 aliphatic rings. The predicted molar refractivity (Wildman–Crippen MR) is 90.8 cm³/mol. The van der Waals surface area contributed by atoms with Gasteiger partial charge in [-0.05, 0) is 37.8 Å². The number of benzene rings is 1. The normalized spacial score (nSPS) is 15.7. The van der Waals surface area contributed by atoms with Gasteiger partial charge >= 0.3 is 0 Å². The molecule has 0 saturated carbocycles. The summed E-state index contributed by atoms with van der Waals surface area (Å²) in [4.78, 5) is 18.3. The summed E-state index contributed by atoms with van der Waals surface area (Å²) < 4.78 is 14.1. The summed E-state index contributed by atoms with van der Waals surface area (Å²) in [7, 11) is 0. The van der Waals surface area contributed by atoms with Crippen LogP contribution in [0.25, 0.3) is 0 Å². The van der Waals surface area contributed by atoms with Crippen LogP contribution in [-0.2, 0) is 0 Å². The number of anilines is 2. The monoisotopic (exact) mass is 333 g/mol. The Kier molecular flexibility index (Phi) is 4.61. The highest BCUT2D eigenvalue weighted by Gasteiger charge is 2.26. The van der Waals surface area contributed by atoms with Crippen LogP contribution in [-0.4, -0.2) is 28.9 Å². The van der Waals surface area contributed by atoms with Gasteiger partial charge in [-0.1, -0.05) is 36.0 Å². The van der Waals surface area contributed by atoms with Crippen molar-refractivity contribution in [2.75, 3.05) is 18.4 Å². The van der Waals surface area contributed by atoms with Crippen molar-refractivity contribution in [2.24, 2.45) is 5.92 Å². The lowest BCUT2D eigenvalue weighted by Gasteiger charge is -2.29. The smallest absolute Gasteiger partial charge is 0.276 e. The summed E-state index contributed by atoms with van der Waals surface area (Å²) in [6.07, 6.45) is 1.93. The molecule has 0 unspecified atom stereocenters. The average Bonchev–Trinajstić information content (AvgIpc) is 2.90. The number of rotatable bonds is 3. The largest absolute Gasteiger partial charge is 0.337 e. The van der Waals surface area contributed by atoms with Crippen molar-refractivity contribution < 1.29 is 9.18 Å². The predicted octanol–water partition coefficient (Wildman–Crippen LogP) is 4.21. The first-order valence-corrected chi connectivity index (χ1v) is 8.64. The molecule has 2 aromatic rings. The van der Waals surface area contributed by atoms with E-state index in [0.717, 1.165) is 35.4 Å². The number of hydrogen-bond donors (Lipinski definition) is 1. The molecule has 1 saturated heterocycles. The number of hydrogen-bond acceptors (Lipinski definition) is 4. The highest BCUT2D eigenvalue weighted by atomic mass is 32.1. The van der Waals surface area contributed by atoms with E-state index in [1.54, 1.807) is 4.90 Å². The zero-order valence-corrected chi connectivity index (χ0v) is 14.1. The standard InChI is InChI=1S/C17H20FN3OS/c1-11-3-5-13(6-4-11)19-17-20-14(15(18)23-17)16(22)21-9-7-12(2)8-10-21/h3-6,12H,7-10H2,1-2H3,(H,19,20). The fourth-order valence-corrected chi connectivity index (χ4v) is 3.31. The summed E-state index contributed by atoms with van der Waals surface area (Å²) in [5.41, 5.74) is 1.91. The Labute approximate surface area is 139 Å². The van der Waals surface area contributed by atoms with Crippen LogP contribution in [0.5, 0.6) is 0 Å². The van der Waals surface area contributed by atoms with Crippen LogP contribution in [0.3, 0.4) is 0 Å². The first kappa shape index (κ1) is 15.9. The molecule has 0 bridgehead atoms. The van der Waals surface area contributed by atoms with E-state index in [1.807, 2.05) is 31.2 Å². The molecule has 0 atom stereocenters. The van der Waals surface area contributed by atoms with Gasteiger partial charge in [-0.25, -0.2) is 4.98 Å². The second-order valence-corrected chi connectivity index (χ2v) is 7.06. The Morgan fingerprint density at radius 2 is 1.96 bits per heavy atom. The molecule has 0 aliphatic carbocycles. The van der Waals surface area contributed by atoms with E-state index in [0.29, 0.717) is 24.1 Å². The lowest BCUT2D eigenvalue weighted by atomic mass is 9.99. The van der Waals surface area contributed by atoms with E-state index in [-0.39, 0.29) is 11.6 Å². The van der Waals surface area contributed by atoms with E-state index >= 15 is 0 Å². The lowest BCUT2D eigenvalue weighted by Crippen LogP contribution is -2.38. The summed E-state index contributed by atoms with van der Waals surface area (Å²) in [5, 5.41) is 2.93. The number of amides is 1. The summed E-state index contributed by atoms with van der Waals surface area (Å²) in [6, 6.07) is 7.74. The number of piperidine rings is 1. The maximum atomic E-state index is 14.1. The zero-order chi connectivity index (χ0) is 16.4. The molecule has 1 aliphatic heterocycles. The fourth-order valence-electron chi connectivity index (χ4n) is 2.61. The summed E-state index contributed by atoms with van der Waals surface area (Å²) >= 11 is 0.870. The molecule has 1 amide bonds. The molecule has 0 radical (unpaired) electrons. The Hall–Kier alpha value is -1.95. The van der Waals surface area contributed by atoms with Crippen molar-refractivity contribution >= 4 is 28.1 Å². The van der Waals surface area contributed by atoms with Gasteiger partial charge in [0.15, 0.2) is 10.8 Å². The van der Waals surface area contributed by atoms with E-state index in [2.05, 4.69) is 17.2 Å². The minimum atomic E-state index is -0.525. The van der Waals surface area contributed by atoms with Crippen molar-refractivity contribution in [3.63, 3.8) is 0 Å². The first-order chi connectivity index (χ1) is 11.0. The molecule has 1 aromatic heterocycles. The van der Waals surface area contributed by atoms with Crippen LogP contribution in [0.15, 0.2) is 24.3 Å². The first-order valence-electron chi connectivity index (χ1n) is 7.82. The van der Waals surface area contributed by atoms with E-state index in [1.165, 1.54) is 0 Å². The van der Waals surface area contributed by atoms with Crippen molar-refractivity contribution in [3.05, 3.63) is 40.7 Å². The van der Waals surface area contributed by atoms with Crippen LogP contribution in [0.2, 0.25) is 0 Å². The van der Waals surface area contributed by atoms with E-state index in [9.17, 15) is 9.18 Å². The molecule has 4 nitrogen and oxygen atoms in total. The van der Waals surface area contributed by atoms with Gasteiger partial charge in [-0.2, -0.15) is 4.39 Å². The third-order valence-corrected chi connectivity index (χ3v) is 4.92. The van der Waals surface area contributed by atoms with Crippen molar-refractivity contribution in [2.45, 2.75) is 26.7 Å². The van der Waals surface area contributed by atoms with Crippen LogP contribution in [0.4, 0.5) is 15.2 Å². The molecular weight excluding hydrogens is 313 g/mol. The van der Waals surface area contributed by atoms with Gasteiger partial charge in [-0.15, -0.1) is 0 Å². The topological polar surface area (TPSA) is 45.2 Å². The molecule has 23 heavy (non-hydrogen) atoms. The number of aryl methyl sites for hydroxylation is 1. The quantitative estimate of drug-likeness (QED) is 0.915. The number of thiazole rings is 1. The number of halogens is 1. The van der Waals surface area contributed by atoms with Crippen LogP contribution in [0.1, 0.15) is 35.8 Å². The minimum Gasteiger partial charge on any atom is -0.337 e. The van der Waals surface area contributed by atoms with E-state index in [4.69, 9.17) is 0 Å². The molecule has 3 rings (SSSR count). The maximum absolute atomic E-state index is 14.1. The number of nitrogens with zero attached hydrogens (tertiary/aromatic N) is 2. The molecule has 1 N–H and O–H groups in total. The molecule has 6 heteroatoms. The van der Waals surface area contributed by atoms with E-state index < -0.39 is 5.13 Å². The highest BCUT2D eigenvalue weighted by molar-refractivity contribution is 7.14. The fraction of sp³-hybridized carbons (Fsp3) is 0.412. The number of aromatic nitrogens is 1. The molecule has 122 valence electrons. The van der Waals surface area contributed by atoms with Gasteiger partial charge in [-0.3, -0.25) is 4.79 Å². The average molecular weight is 333 g/mol. The highest BCUT2D eigenvalue weighted by Crippen LogP contribution is 2.27. The molecule has 1 aromatic carbocycles. The molecule has 1 fully saturated rings. The number of carbonyl (C=O) groups is 1. The van der Waals surface area contributed by atoms with Gasteiger partial charge in [0, 0.05) is 18.8 Å². The van der Waals surface area contributed by atoms with Gasteiger partial charge < -0.3 is 10.2 Å². The Morgan fingerprint density at radius 3 is 2.61 bits per heavy atom. The van der Waals surface area contributed by atoms with Crippen molar-refractivity contribution in [3.8, 4) is 0 Å². The van der Waals surface area contributed by atoms with Crippen LogP contribution in [0, 0.1) is 18.0 Å². The maximum Gasteiger partial charge on any atom is 0.276 e. The molecule has 0 spiro atoms. The number of likely N-dealkylation sites (tertiary alicyclic amines) is 1. The second kappa shape index (κ2) is 6.66. The minimum absolute atomic E-state index is 0.0702. The molecule has 2 heterocycles. The Balaban J connectivity index is 1.72. The zero-order valence-electron chi connectivity index (χ0n) is 13.3. The summed E-state index contributed by atoms with van der Waals surface area (Å²) in [6.45, 7) is 5.54. The SMILES string of the molecule is Cc1ccc(Nc2nc(C(=O)N3CCC(C)CC3)c(F)s2)cc1. The third kappa shape index (κ3) is 3.69. The molecular formula is C17H20FN3OS. The third-order valence-electron chi connectivity index (χ3n) is 4.16. The van der Waals surface area contributed by atoms with Crippen LogP contribution >= 0.6 is 11.3 Å². The van der Waals surface area contributed by atoms with Gasteiger partial charge in [0.25, 0.3) is 5.91 Å². The van der Waals surface area contributed by atoms with Gasteiger partial charge in [0.2, 0.25) is 5.13 Å². The summed E-state index contributed by atoms with van der Waals surface area (Å²) in [5.74, 6) is 0.320. The van der Waals surface area contributed by atoms with Crippen molar-refractivity contribution in [1.82, 2.24) is 9.88 Å². The Bertz CT molecular complexity index is 690. The van der Waals surface area contributed by atoms with Crippen LogP contribution < -0.4 is 5.32 Å². The Morgan fingerprint density at radius 1 is 1.30 bits per heavy atom. The number of nitrogens with one attached hydrogen (secondary N) is 1. The van der Waals surface area contributed by atoms with Gasteiger partial charge in [0.1, 0.15) is 0 Å². The number of carbonyl (C=O) groups excluding carboxylic acids is 1. The van der Waals surface area contributed by atoms with Crippen molar-refractivity contribution in [1.29, 1.82) is 0 Å².